The molecule has 126 valence electrons. The van der Waals surface area contributed by atoms with Crippen molar-refractivity contribution < 1.29 is 13.2 Å². The SMILES string of the molecule is Cc1c(N(C)Cc2cccnc2)nn2c(C(F)(F)F)nnc2c1C. The Morgan fingerprint density at radius 3 is 2.54 bits per heavy atom. The van der Waals surface area contributed by atoms with Crippen LogP contribution in [0.4, 0.5) is 19.0 Å². The van der Waals surface area contributed by atoms with Crippen LogP contribution < -0.4 is 4.90 Å². The van der Waals surface area contributed by atoms with Gasteiger partial charge in [0.2, 0.25) is 0 Å². The van der Waals surface area contributed by atoms with Crippen molar-refractivity contribution in [1.29, 1.82) is 0 Å². The molecule has 3 heterocycles. The number of anilines is 1. The summed E-state index contributed by atoms with van der Waals surface area (Å²) in [6.45, 7) is 3.98. The summed E-state index contributed by atoms with van der Waals surface area (Å²) in [5.41, 5.74) is 2.41. The van der Waals surface area contributed by atoms with Gasteiger partial charge in [-0.15, -0.1) is 15.3 Å². The lowest BCUT2D eigenvalue weighted by atomic mass is 10.1. The predicted octanol–water partition coefficient (Wildman–Crippen LogP) is 2.79. The zero-order valence-electron chi connectivity index (χ0n) is 13.3. The molecule has 3 aromatic rings. The van der Waals surface area contributed by atoms with E-state index in [4.69, 9.17) is 0 Å². The summed E-state index contributed by atoms with van der Waals surface area (Å²) in [4.78, 5) is 5.82. The molecule has 0 unspecified atom stereocenters. The highest BCUT2D eigenvalue weighted by molar-refractivity contribution is 5.59. The van der Waals surface area contributed by atoms with Gasteiger partial charge in [-0.3, -0.25) is 4.98 Å². The minimum absolute atomic E-state index is 0.110. The Bertz CT molecular complexity index is 872. The van der Waals surface area contributed by atoms with Crippen molar-refractivity contribution >= 4 is 11.5 Å². The summed E-state index contributed by atoms with van der Waals surface area (Å²) in [6, 6.07) is 3.70. The molecule has 0 bridgehead atoms. The van der Waals surface area contributed by atoms with Crippen molar-refractivity contribution in [2.24, 2.45) is 0 Å². The van der Waals surface area contributed by atoms with Crippen LogP contribution in [-0.2, 0) is 12.7 Å². The average Bonchev–Trinajstić information content (AvgIpc) is 2.96. The van der Waals surface area contributed by atoms with Gasteiger partial charge < -0.3 is 4.90 Å². The van der Waals surface area contributed by atoms with Crippen LogP contribution in [0.15, 0.2) is 24.5 Å². The molecular weight excluding hydrogens is 321 g/mol. The van der Waals surface area contributed by atoms with Gasteiger partial charge in [0, 0.05) is 37.1 Å². The second-order valence-electron chi connectivity index (χ2n) is 5.55. The summed E-state index contributed by atoms with van der Waals surface area (Å²) >= 11 is 0. The molecule has 0 aromatic carbocycles. The second kappa shape index (κ2) is 5.73. The molecule has 0 fully saturated rings. The normalized spacial score (nSPS) is 11.9. The number of nitrogens with zero attached hydrogens (tertiary/aromatic N) is 6. The minimum atomic E-state index is -4.62. The Morgan fingerprint density at radius 2 is 1.92 bits per heavy atom. The maximum atomic E-state index is 13.1. The Hall–Kier alpha value is -2.71. The van der Waals surface area contributed by atoms with Crippen LogP contribution in [0, 0.1) is 13.8 Å². The minimum Gasteiger partial charge on any atom is -0.354 e. The maximum Gasteiger partial charge on any atom is 0.453 e. The van der Waals surface area contributed by atoms with Crippen LogP contribution in [0.25, 0.3) is 5.65 Å². The third-order valence-electron chi connectivity index (χ3n) is 3.83. The van der Waals surface area contributed by atoms with Gasteiger partial charge in [0.25, 0.3) is 5.82 Å². The number of aromatic nitrogens is 5. The van der Waals surface area contributed by atoms with Gasteiger partial charge in [-0.05, 0) is 25.5 Å². The van der Waals surface area contributed by atoms with Gasteiger partial charge in [0.05, 0.1) is 0 Å². The first-order chi connectivity index (χ1) is 11.3. The molecule has 6 nitrogen and oxygen atoms in total. The lowest BCUT2D eigenvalue weighted by Gasteiger charge is -2.21. The van der Waals surface area contributed by atoms with E-state index in [9.17, 15) is 13.2 Å². The van der Waals surface area contributed by atoms with Crippen molar-refractivity contribution in [3.8, 4) is 0 Å². The van der Waals surface area contributed by atoms with Crippen molar-refractivity contribution in [1.82, 2.24) is 24.8 Å². The molecule has 0 amide bonds. The number of rotatable bonds is 3. The summed E-state index contributed by atoms with van der Waals surface area (Å²) in [6.07, 6.45) is -1.25. The molecule has 3 rings (SSSR count). The van der Waals surface area contributed by atoms with Gasteiger partial charge in [0.15, 0.2) is 11.5 Å². The lowest BCUT2D eigenvalue weighted by Crippen LogP contribution is -2.22. The molecule has 0 saturated heterocycles. The fourth-order valence-corrected chi connectivity index (χ4v) is 2.49. The molecule has 0 atom stereocenters. The van der Waals surface area contributed by atoms with Gasteiger partial charge >= 0.3 is 6.18 Å². The highest BCUT2D eigenvalue weighted by atomic mass is 19.4. The van der Waals surface area contributed by atoms with Crippen LogP contribution in [0.5, 0.6) is 0 Å². The van der Waals surface area contributed by atoms with Gasteiger partial charge in [-0.1, -0.05) is 6.07 Å². The van der Waals surface area contributed by atoms with E-state index >= 15 is 0 Å². The zero-order chi connectivity index (χ0) is 17.5. The molecule has 0 aliphatic carbocycles. The lowest BCUT2D eigenvalue weighted by molar-refractivity contribution is -0.146. The Labute approximate surface area is 136 Å². The Morgan fingerprint density at radius 1 is 1.17 bits per heavy atom. The molecule has 0 radical (unpaired) electrons. The first-order valence-electron chi connectivity index (χ1n) is 7.19. The van der Waals surface area contributed by atoms with E-state index in [-0.39, 0.29) is 5.65 Å². The van der Waals surface area contributed by atoms with E-state index in [1.165, 1.54) is 0 Å². The van der Waals surface area contributed by atoms with Gasteiger partial charge in [-0.2, -0.15) is 17.7 Å². The van der Waals surface area contributed by atoms with Crippen LogP contribution >= 0.6 is 0 Å². The van der Waals surface area contributed by atoms with Crippen molar-refractivity contribution in [3.63, 3.8) is 0 Å². The fourth-order valence-electron chi connectivity index (χ4n) is 2.49. The van der Waals surface area contributed by atoms with E-state index in [0.29, 0.717) is 17.9 Å². The molecular formula is C15H15F3N6. The first-order valence-corrected chi connectivity index (χ1v) is 7.19. The Balaban J connectivity index is 2.09. The van der Waals surface area contributed by atoms with Crippen molar-refractivity contribution in [2.75, 3.05) is 11.9 Å². The van der Waals surface area contributed by atoms with Crippen LogP contribution in [0.1, 0.15) is 22.5 Å². The molecule has 0 spiro atoms. The molecule has 0 N–H and O–H groups in total. The smallest absolute Gasteiger partial charge is 0.354 e. The fraction of sp³-hybridized carbons (Fsp3) is 0.333. The summed E-state index contributed by atoms with van der Waals surface area (Å²) < 4.78 is 40.0. The van der Waals surface area contributed by atoms with E-state index < -0.39 is 12.0 Å². The van der Waals surface area contributed by atoms with Crippen molar-refractivity contribution in [2.45, 2.75) is 26.6 Å². The van der Waals surface area contributed by atoms with Crippen LogP contribution in [0.3, 0.4) is 0 Å². The van der Waals surface area contributed by atoms with Crippen LogP contribution in [0.2, 0.25) is 0 Å². The topological polar surface area (TPSA) is 59.2 Å². The molecule has 9 heteroatoms. The quantitative estimate of drug-likeness (QED) is 0.736. The molecule has 24 heavy (non-hydrogen) atoms. The summed E-state index contributed by atoms with van der Waals surface area (Å²) in [7, 11) is 1.77. The van der Waals surface area contributed by atoms with E-state index in [1.807, 2.05) is 6.07 Å². The zero-order valence-corrected chi connectivity index (χ0v) is 13.3. The number of hydrogen-bond acceptors (Lipinski definition) is 5. The van der Waals surface area contributed by atoms with Gasteiger partial charge in [-0.25, -0.2) is 0 Å². The summed E-state index contributed by atoms with van der Waals surface area (Å²) in [5, 5.41) is 11.0. The number of halogens is 3. The van der Waals surface area contributed by atoms with E-state index in [2.05, 4.69) is 20.3 Å². The Kier molecular flexibility index (Phi) is 3.86. The molecule has 3 aromatic heterocycles. The van der Waals surface area contributed by atoms with Crippen LogP contribution in [-0.4, -0.2) is 31.8 Å². The number of fused-ring (bicyclic) bond motifs is 1. The maximum absolute atomic E-state index is 13.1. The number of aryl methyl sites for hydroxylation is 1. The standard InChI is InChI=1S/C15H15F3N6/c1-9-10(2)13(23(3)8-11-5-4-6-19-7-11)22-24-12(9)20-21-14(24)15(16,17)18/h4-7H,8H2,1-3H3. The second-order valence-corrected chi connectivity index (χ2v) is 5.55. The third-order valence-corrected chi connectivity index (χ3v) is 3.83. The van der Waals surface area contributed by atoms with E-state index in [1.54, 1.807) is 44.3 Å². The first kappa shape index (κ1) is 16.2. The highest BCUT2D eigenvalue weighted by Gasteiger charge is 2.38. The largest absolute Gasteiger partial charge is 0.453 e. The average molecular weight is 336 g/mol. The third kappa shape index (κ3) is 2.77. The van der Waals surface area contributed by atoms with Gasteiger partial charge in [0.1, 0.15) is 0 Å². The molecule has 0 aliphatic heterocycles. The summed E-state index contributed by atoms with van der Waals surface area (Å²) in [5.74, 6) is -0.689. The predicted molar refractivity (Wildman–Crippen MR) is 81.6 cm³/mol. The number of pyridine rings is 1. The molecule has 0 saturated carbocycles. The monoisotopic (exact) mass is 336 g/mol. The van der Waals surface area contributed by atoms with Crippen molar-refractivity contribution in [3.05, 3.63) is 47.0 Å². The highest BCUT2D eigenvalue weighted by Crippen LogP contribution is 2.30. The molecule has 0 aliphatic rings. The number of hydrogen-bond donors (Lipinski definition) is 0. The number of alkyl halides is 3. The van der Waals surface area contributed by atoms with E-state index in [0.717, 1.165) is 15.6 Å².